The van der Waals surface area contributed by atoms with Gasteiger partial charge in [-0.3, -0.25) is 0 Å². The molecule has 0 saturated heterocycles. The first-order valence-corrected chi connectivity index (χ1v) is 8.37. The van der Waals surface area contributed by atoms with Crippen molar-refractivity contribution in [3.8, 4) is 11.1 Å². The van der Waals surface area contributed by atoms with Crippen LogP contribution in [0.25, 0.3) is 11.1 Å². The monoisotopic (exact) mass is 392 g/mol. The van der Waals surface area contributed by atoms with E-state index in [0.29, 0.717) is 6.07 Å². The van der Waals surface area contributed by atoms with Gasteiger partial charge in [0.2, 0.25) is 0 Å². The molecule has 0 heterocycles. The van der Waals surface area contributed by atoms with Gasteiger partial charge >= 0.3 is 0 Å². The van der Waals surface area contributed by atoms with Gasteiger partial charge in [0.05, 0.1) is 15.6 Å². The Morgan fingerprint density at radius 1 is 0.818 bits per heavy atom. The summed E-state index contributed by atoms with van der Waals surface area (Å²) in [5, 5.41) is -0.773. The topological polar surface area (TPSA) is 34.1 Å². The first kappa shape index (κ1) is 17.3. The molecular weight excluding hydrogens is 391 g/mol. The minimum atomic E-state index is -4.36. The molecule has 0 N–H and O–H groups in total. The van der Waals surface area contributed by atoms with Crippen molar-refractivity contribution < 1.29 is 26.0 Å². The van der Waals surface area contributed by atoms with E-state index in [1.54, 1.807) is 0 Å². The fraction of sp³-hybridized carbons (Fsp3) is 0. The lowest BCUT2D eigenvalue weighted by Gasteiger charge is -2.11. The molecule has 0 aliphatic heterocycles. The fourth-order valence-corrected chi connectivity index (χ4v) is 3.55. The van der Waals surface area contributed by atoms with Crippen molar-refractivity contribution in [2.45, 2.75) is 4.90 Å². The number of hydrogen-bond acceptors (Lipinski definition) is 2. The van der Waals surface area contributed by atoms with E-state index in [4.69, 9.17) is 33.9 Å². The normalized spacial score (nSPS) is 11.8. The van der Waals surface area contributed by atoms with Crippen LogP contribution in [0.2, 0.25) is 10.0 Å². The lowest BCUT2D eigenvalue weighted by Crippen LogP contribution is -2.01. The molecule has 0 bridgehead atoms. The summed E-state index contributed by atoms with van der Waals surface area (Å²) in [6.07, 6.45) is 0. The van der Waals surface area contributed by atoms with Crippen molar-refractivity contribution in [1.82, 2.24) is 0 Å². The molecule has 2 rings (SSSR count). The van der Waals surface area contributed by atoms with E-state index >= 15 is 0 Å². The van der Waals surface area contributed by atoms with Crippen molar-refractivity contribution in [3.63, 3.8) is 0 Å². The van der Waals surface area contributed by atoms with Crippen LogP contribution >= 0.6 is 33.9 Å². The van der Waals surface area contributed by atoms with Gasteiger partial charge in [-0.15, -0.1) is 0 Å². The van der Waals surface area contributed by atoms with Gasteiger partial charge in [0.25, 0.3) is 9.05 Å². The maximum absolute atomic E-state index is 13.8. The molecule has 0 radical (unpaired) electrons. The zero-order chi connectivity index (χ0) is 16.8. The third kappa shape index (κ3) is 3.03. The third-order valence-corrected chi connectivity index (χ3v) is 4.77. The van der Waals surface area contributed by atoms with Crippen LogP contribution in [-0.2, 0) is 9.05 Å². The molecule has 0 aromatic heterocycles. The highest BCUT2D eigenvalue weighted by Gasteiger charge is 2.25. The van der Waals surface area contributed by atoms with E-state index in [0.717, 1.165) is 6.07 Å². The van der Waals surface area contributed by atoms with Crippen LogP contribution < -0.4 is 0 Å². The first-order chi connectivity index (χ1) is 10.0. The predicted octanol–water partition coefficient (Wildman–Crippen LogP) is 5.14. The molecule has 118 valence electrons. The van der Waals surface area contributed by atoms with E-state index in [9.17, 15) is 26.0 Å². The van der Waals surface area contributed by atoms with Crippen LogP contribution in [0.3, 0.4) is 0 Å². The third-order valence-electron chi connectivity index (χ3n) is 2.67. The highest BCUT2D eigenvalue weighted by molar-refractivity contribution is 8.13. The quantitative estimate of drug-likeness (QED) is 0.306. The van der Waals surface area contributed by atoms with Gasteiger partial charge < -0.3 is 0 Å². The second-order valence-electron chi connectivity index (χ2n) is 4.04. The van der Waals surface area contributed by atoms with Gasteiger partial charge in [-0.25, -0.2) is 26.0 Å². The highest BCUT2D eigenvalue weighted by Crippen LogP contribution is 2.39. The van der Waals surface area contributed by atoms with Crippen molar-refractivity contribution >= 4 is 42.9 Å². The summed E-state index contributed by atoms with van der Waals surface area (Å²) in [6, 6.07) is 1.65. The summed E-state index contributed by atoms with van der Waals surface area (Å²) in [7, 11) is 0.779. The lowest BCUT2D eigenvalue weighted by molar-refractivity contribution is 0.437. The Morgan fingerprint density at radius 3 is 1.95 bits per heavy atom. The number of hydrogen-bond donors (Lipinski definition) is 0. The predicted molar refractivity (Wildman–Crippen MR) is 74.8 cm³/mol. The van der Waals surface area contributed by atoms with E-state index < -0.39 is 53.4 Å². The van der Waals surface area contributed by atoms with Gasteiger partial charge in [0.1, 0.15) is 10.7 Å². The molecule has 0 atom stereocenters. The Morgan fingerprint density at radius 2 is 1.41 bits per heavy atom. The lowest BCUT2D eigenvalue weighted by atomic mass is 10.0. The van der Waals surface area contributed by atoms with Crippen LogP contribution in [0.5, 0.6) is 0 Å². The summed E-state index contributed by atoms with van der Waals surface area (Å²) in [4.78, 5) is -0.682. The maximum Gasteiger partial charge on any atom is 0.262 e. The zero-order valence-corrected chi connectivity index (χ0v) is 13.2. The van der Waals surface area contributed by atoms with Crippen LogP contribution in [0, 0.1) is 23.3 Å². The van der Waals surface area contributed by atoms with Gasteiger partial charge in [-0.2, -0.15) is 0 Å². The smallest absolute Gasteiger partial charge is 0.207 e. The molecule has 0 unspecified atom stereocenters. The van der Waals surface area contributed by atoms with E-state index in [1.807, 2.05) is 0 Å². The molecule has 2 aromatic rings. The highest BCUT2D eigenvalue weighted by atomic mass is 35.7. The van der Waals surface area contributed by atoms with Crippen molar-refractivity contribution in [2.24, 2.45) is 0 Å². The molecule has 0 amide bonds. The van der Waals surface area contributed by atoms with Crippen molar-refractivity contribution in [2.75, 3.05) is 0 Å². The van der Waals surface area contributed by atoms with Crippen LogP contribution in [0.1, 0.15) is 0 Å². The number of benzene rings is 2. The van der Waals surface area contributed by atoms with Crippen LogP contribution in [0.4, 0.5) is 17.6 Å². The first-order valence-electron chi connectivity index (χ1n) is 5.31. The Bertz CT molecular complexity index is 885. The van der Waals surface area contributed by atoms with E-state index in [2.05, 4.69) is 0 Å². The zero-order valence-electron chi connectivity index (χ0n) is 10.1. The fourth-order valence-electron chi connectivity index (χ4n) is 1.72. The second kappa shape index (κ2) is 5.88. The molecule has 0 saturated carbocycles. The largest absolute Gasteiger partial charge is 0.262 e. The molecule has 2 nitrogen and oxygen atoms in total. The molecular formula is C12H3Cl3F4O2S. The molecule has 2 aromatic carbocycles. The Kier molecular flexibility index (Phi) is 4.64. The standard InChI is InChI=1S/C12H3Cl3F4O2S/c13-5-2-6(14)9(22(15,20)21)1-4(5)10-7(16)3-8(17)11(18)12(10)19/h1-3H. The molecule has 0 aliphatic carbocycles. The Balaban J connectivity index is 2.88. The van der Waals surface area contributed by atoms with Gasteiger partial charge in [0, 0.05) is 22.3 Å². The number of rotatable bonds is 2. The van der Waals surface area contributed by atoms with Gasteiger partial charge in [0.15, 0.2) is 17.5 Å². The summed E-state index contributed by atoms with van der Waals surface area (Å²) < 4.78 is 76.5. The van der Waals surface area contributed by atoms with Gasteiger partial charge in [-0.1, -0.05) is 23.2 Å². The summed E-state index contributed by atoms with van der Waals surface area (Å²) >= 11 is 11.4. The number of halogens is 7. The Hall–Kier alpha value is -1.02. The molecule has 0 fully saturated rings. The summed E-state index contributed by atoms with van der Waals surface area (Å²) in [6.45, 7) is 0. The maximum atomic E-state index is 13.8. The van der Waals surface area contributed by atoms with E-state index in [-0.39, 0.29) is 11.1 Å². The van der Waals surface area contributed by atoms with E-state index in [1.165, 1.54) is 0 Å². The average molecular weight is 394 g/mol. The van der Waals surface area contributed by atoms with Crippen LogP contribution in [-0.4, -0.2) is 8.42 Å². The summed E-state index contributed by atoms with van der Waals surface area (Å²) in [5.74, 6) is -7.01. The van der Waals surface area contributed by atoms with Crippen molar-refractivity contribution in [3.05, 3.63) is 51.5 Å². The molecule has 22 heavy (non-hydrogen) atoms. The van der Waals surface area contributed by atoms with Gasteiger partial charge in [-0.05, 0) is 12.1 Å². The molecule has 10 heteroatoms. The molecule has 0 aliphatic rings. The minimum Gasteiger partial charge on any atom is -0.207 e. The minimum absolute atomic E-state index is 0.105. The average Bonchev–Trinajstić information content (AvgIpc) is 2.37. The summed E-state index contributed by atoms with van der Waals surface area (Å²) in [5.41, 5.74) is -1.58. The molecule has 0 spiro atoms. The second-order valence-corrected chi connectivity index (χ2v) is 7.39. The van der Waals surface area contributed by atoms with Crippen molar-refractivity contribution in [1.29, 1.82) is 0 Å². The Labute approximate surface area is 136 Å². The SMILES string of the molecule is O=S(=O)(Cl)c1cc(-c2c(F)cc(F)c(F)c2F)c(Cl)cc1Cl. The van der Waals surface area contributed by atoms with Crippen LogP contribution in [0.15, 0.2) is 23.1 Å².